The van der Waals surface area contributed by atoms with Crippen LogP contribution in [-0.2, 0) is 13.6 Å². The van der Waals surface area contributed by atoms with Crippen LogP contribution in [0.3, 0.4) is 0 Å². The summed E-state index contributed by atoms with van der Waals surface area (Å²) in [6.45, 7) is 0.532. The minimum absolute atomic E-state index is 0.0825. The lowest BCUT2D eigenvalue weighted by Gasteiger charge is -2.05. The van der Waals surface area contributed by atoms with E-state index in [1.807, 2.05) is 36.1 Å². The molecule has 0 aliphatic heterocycles. The lowest BCUT2D eigenvalue weighted by Crippen LogP contribution is -2.22. The Labute approximate surface area is 122 Å². The smallest absolute Gasteiger partial charge is 0.251 e. The number of hydrogen-bond donors (Lipinski definition) is 1. The van der Waals surface area contributed by atoms with Gasteiger partial charge >= 0.3 is 0 Å². The van der Waals surface area contributed by atoms with Gasteiger partial charge in [-0.3, -0.25) is 4.79 Å². The Balaban J connectivity index is 2.03. The molecular weight excluding hydrogens is 360 g/mol. The molecule has 2 rings (SSSR count). The van der Waals surface area contributed by atoms with E-state index in [1.165, 1.54) is 0 Å². The van der Waals surface area contributed by atoms with Crippen LogP contribution in [-0.4, -0.2) is 10.5 Å². The summed E-state index contributed by atoms with van der Waals surface area (Å²) in [5.41, 5.74) is 1.71. The van der Waals surface area contributed by atoms with E-state index >= 15 is 0 Å². The molecule has 0 saturated heterocycles. The number of carbonyl (C=O) groups is 1. The van der Waals surface area contributed by atoms with E-state index in [0.717, 1.165) is 14.5 Å². The van der Waals surface area contributed by atoms with E-state index in [4.69, 9.17) is 0 Å². The van der Waals surface area contributed by atoms with E-state index in [-0.39, 0.29) is 5.91 Å². The summed E-state index contributed by atoms with van der Waals surface area (Å²) in [7, 11) is 1.96. The fourth-order valence-corrected chi connectivity index (χ4v) is 2.93. The third-order valence-electron chi connectivity index (χ3n) is 2.47. The van der Waals surface area contributed by atoms with Crippen molar-refractivity contribution in [3.05, 3.63) is 56.7 Å². The molecule has 3 nitrogen and oxygen atoms in total. The summed E-state index contributed by atoms with van der Waals surface area (Å²) in [4.78, 5) is 12.0. The minimum Gasteiger partial charge on any atom is -0.357 e. The molecule has 1 aromatic heterocycles. The Morgan fingerprint density at radius 1 is 1.28 bits per heavy atom. The molecule has 1 heterocycles. The van der Waals surface area contributed by atoms with Gasteiger partial charge in [-0.25, -0.2) is 0 Å². The SMILES string of the molecule is Cn1ccc(CNC(=O)c2cc(Br)cc(Br)c2)c1. The second-order valence-corrected chi connectivity index (χ2v) is 5.86. The predicted molar refractivity (Wildman–Crippen MR) is 78.4 cm³/mol. The second kappa shape index (κ2) is 5.71. The van der Waals surface area contributed by atoms with Crippen LogP contribution in [0.25, 0.3) is 0 Å². The van der Waals surface area contributed by atoms with Gasteiger partial charge in [0.25, 0.3) is 5.91 Å². The van der Waals surface area contributed by atoms with Crippen molar-refractivity contribution in [3.8, 4) is 0 Å². The van der Waals surface area contributed by atoms with Crippen LogP contribution in [0.4, 0.5) is 0 Å². The molecule has 0 unspecified atom stereocenters. The van der Waals surface area contributed by atoms with Gasteiger partial charge in [-0.1, -0.05) is 31.9 Å². The lowest BCUT2D eigenvalue weighted by molar-refractivity contribution is 0.0951. The number of rotatable bonds is 3. The first-order chi connectivity index (χ1) is 8.54. The summed E-state index contributed by atoms with van der Waals surface area (Å²) < 4.78 is 3.71. The molecule has 0 bridgehead atoms. The number of benzene rings is 1. The standard InChI is InChI=1S/C13H12Br2N2O/c1-17-3-2-9(8-17)7-16-13(18)10-4-11(14)6-12(15)5-10/h2-6,8H,7H2,1H3,(H,16,18). The fourth-order valence-electron chi connectivity index (χ4n) is 1.63. The van der Waals surface area contributed by atoms with Crippen molar-refractivity contribution < 1.29 is 4.79 Å². The zero-order valence-corrected chi connectivity index (χ0v) is 13.0. The first-order valence-electron chi connectivity index (χ1n) is 5.40. The van der Waals surface area contributed by atoms with Gasteiger partial charge in [0.15, 0.2) is 0 Å². The second-order valence-electron chi connectivity index (χ2n) is 4.03. The Morgan fingerprint density at radius 3 is 2.50 bits per heavy atom. The monoisotopic (exact) mass is 370 g/mol. The predicted octanol–water partition coefficient (Wildman–Crippen LogP) is 3.48. The number of carbonyl (C=O) groups excluding carboxylic acids is 1. The Hall–Kier alpha value is -1.07. The number of halogens is 2. The van der Waals surface area contributed by atoms with E-state index in [0.29, 0.717) is 12.1 Å². The van der Waals surface area contributed by atoms with Gasteiger partial charge in [-0.15, -0.1) is 0 Å². The van der Waals surface area contributed by atoms with Gasteiger partial charge in [-0.05, 0) is 29.8 Å². The van der Waals surface area contributed by atoms with Gasteiger partial charge in [0.1, 0.15) is 0 Å². The molecule has 0 saturated carbocycles. The third-order valence-corrected chi connectivity index (χ3v) is 3.39. The number of amides is 1. The number of nitrogens with one attached hydrogen (secondary N) is 1. The molecular formula is C13H12Br2N2O. The summed E-state index contributed by atoms with van der Waals surface area (Å²) in [6.07, 6.45) is 3.94. The van der Waals surface area contributed by atoms with Crippen molar-refractivity contribution in [2.75, 3.05) is 0 Å². The summed E-state index contributed by atoms with van der Waals surface area (Å²) in [5, 5.41) is 2.89. The highest BCUT2D eigenvalue weighted by atomic mass is 79.9. The molecule has 5 heteroatoms. The van der Waals surface area contributed by atoms with Crippen LogP contribution in [0.1, 0.15) is 15.9 Å². The van der Waals surface area contributed by atoms with Crippen molar-refractivity contribution in [1.82, 2.24) is 9.88 Å². The van der Waals surface area contributed by atoms with Crippen molar-refractivity contribution in [1.29, 1.82) is 0 Å². The van der Waals surface area contributed by atoms with Gasteiger partial charge in [0, 0.05) is 40.5 Å². The largest absolute Gasteiger partial charge is 0.357 e. The number of aromatic nitrogens is 1. The highest BCUT2D eigenvalue weighted by Gasteiger charge is 2.07. The molecule has 0 radical (unpaired) electrons. The molecule has 1 N–H and O–H groups in total. The molecule has 0 aliphatic carbocycles. The molecule has 0 aliphatic rings. The quantitative estimate of drug-likeness (QED) is 0.880. The number of nitrogens with zero attached hydrogens (tertiary/aromatic N) is 1. The normalized spacial score (nSPS) is 10.4. The van der Waals surface area contributed by atoms with Crippen LogP contribution < -0.4 is 5.32 Å². The molecule has 0 spiro atoms. The zero-order chi connectivity index (χ0) is 13.1. The van der Waals surface area contributed by atoms with Crippen LogP contribution in [0.15, 0.2) is 45.6 Å². The lowest BCUT2D eigenvalue weighted by atomic mass is 10.2. The molecule has 94 valence electrons. The maximum Gasteiger partial charge on any atom is 0.251 e. The molecule has 2 aromatic rings. The number of hydrogen-bond acceptors (Lipinski definition) is 1. The highest BCUT2D eigenvalue weighted by molar-refractivity contribution is 9.11. The Morgan fingerprint density at radius 2 is 1.94 bits per heavy atom. The van der Waals surface area contributed by atoms with Crippen LogP contribution in [0.2, 0.25) is 0 Å². The highest BCUT2D eigenvalue weighted by Crippen LogP contribution is 2.20. The molecule has 1 amide bonds. The molecule has 1 aromatic carbocycles. The van der Waals surface area contributed by atoms with Crippen molar-refractivity contribution in [3.63, 3.8) is 0 Å². The zero-order valence-electron chi connectivity index (χ0n) is 9.78. The van der Waals surface area contributed by atoms with Crippen LogP contribution in [0, 0.1) is 0 Å². The summed E-state index contributed by atoms with van der Waals surface area (Å²) in [6, 6.07) is 7.47. The van der Waals surface area contributed by atoms with Gasteiger partial charge in [0.2, 0.25) is 0 Å². The maximum absolute atomic E-state index is 12.0. The minimum atomic E-state index is -0.0825. The molecule has 0 fully saturated rings. The average molecular weight is 372 g/mol. The van der Waals surface area contributed by atoms with Crippen molar-refractivity contribution in [2.45, 2.75) is 6.54 Å². The van der Waals surface area contributed by atoms with Gasteiger partial charge in [0.05, 0.1) is 0 Å². The molecule has 18 heavy (non-hydrogen) atoms. The Kier molecular flexibility index (Phi) is 4.24. The van der Waals surface area contributed by atoms with Gasteiger partial charge in [-0.2, -0.15) is 0 Å². The number of aryl methyl sites for hydroxylation is 1. The molecule has 0 atom stereocenters. The van der Waals surface area contributed by atoms with E-state index in [9.17, 15) is 4.79 Å². The first-order valence-corrected chi connectivity index (χ1v) is 6.98. The van der Waals surface area contributed by atoms with Crippen molar-refractivity contribution >= 4 is 37.8 Å². The van der Waals surface area contributed by atoms with Gasteiger partial charge < -0.3 is 9.88 Å². The van der Waals surface area contributed by atoms with E-state index < -0.39 is 0 Å². The average Bonchev–Trinajstić information content (AvgIpc) is 2.70. The third kappa shape index (κ3) is 3.46. The topological polar surface area (TPSA) is 34.0 Å². The van der Waals surface area contributed by atoms with Crippen LogP contribution >= 0.6 is 31.9 Å². The summed E-state index contributed by atoms with van der Waals surface area (Å²) in [5.74, 6) is -0.0825. The summed E-state index contributed by atoms with van der Waals surface area (Å²) >= 11 is 6.73. The Bertz CT molecular complexity index is 558. The van der Waals surface area contributed by atoms with E-state index in [1.54, 1.807) is 12.1 Å². The first kappa shape index (κ1) is 13.4. The fraction of sp³-hybridized carbons (Fsp3) is 0.154. The maximum atomic E-state index is 12.0. The van der Waals surface area contributed by atoms with E-state index in [2.05, 4.69) is 37.2 Å². The van der Waals surface area contributed by atoms with Crippen LogP contribution in [0.5, 0.6) is 0 Å². The van der Waals surface area contributed by atoms with Crippen molar-refractivity contribution in [2.24, 2.45) is 7.05 Å².